The number of nitrogens with one attached hydrogen (secondary N) is 1. The first-order valence-corrected chi connectivity index (χ1v) is 7.00. The van der Waals surface area contributed by atoms with Gasteiger partial charge >= 0.3 is 0 Å². The zero-order valence-electron chi connectivity index (χ0n) is 13.0. The van der Waals surface area contributed by atoms with Crippen LogP contribution in [0.3, 0.4) is 0 Å². The third-order valence-corrected chi connectivity index (χ3v) is 3.15. The van der Waals surface area contributed by atoms with Gasteiger partial charge in [0.2, 0.25) is 0 Å². The summed E-state index contributed by atoms with van der Waals surface area (Å²) in [7, 11) is 3.95. The zero-order valence-corrected chi connectivity index (χ0v) is 15.3. The zero-order chi connectivity index (χ0) is 15.0. The quantitative estimate of drug-likeness (QED) is 0.316. The molecule has 0 aliphatic carbocycles. The van der Waals surface area contributed by atoms with Crippen molar-refractivity contribution in [3.63, 3.8) is 0 Å². The molecule has 0 aliphatic heterocycles. The molecule has 1 rings (SSSR count). The van der Waals surface area contributed by atoms with Crippen LogP contribution in [0.15, 0.2) is 29.3 Å². The summed E-state index contributed by atoms with van der Waals surface area (Å²) in [6, 6.07) is 6.60. The topological polar surface area (TPSA) is 53.6 Å². The Morgan fingerprint density at radius 1 is 1.33 bits per heavy atom. The minimum atomic E-state index is -0.226. The molecule has 1 aromatic carbocycles. The average Bonchev–Trinajstić information content (AvgIpc) is 2.41. The number of nitrogens with zero attached hydrogens (tertiary/aromatic N) is 2. The summed E-state index contributed by atoms with van der Waals surface area (Å²) in [5.41, 5.74) is 6.85. The molecule has 1 atom stereocenters. The molecular formula is C15H26FIN4. The fraction of sp³-hybridized carbons (Fsp3) is 0.533. The molecule has 0 bridgehead atoms. The first kappa shape index (κ1) is 20.1. The first-order valence-electron chi connectivity index (χ1n) is 7.00. The van der Waals surface area contributed by atoms with E-state index in [1.54, 1.807) is 12.1 Å². The molecule has 0 aromatic heterocycles. The molecule has 0 spiro atoms. The predicted octanol–water partition coefficient (Wildman–Crippen LogP) is 2.75. The van der Waals surface area contributed by atoms with Crippen LogP contribution in [0.25, 0.3) is 0 Å². The summed E-state index contributed by atoms with van der Waals surface area (Å²) in [6.07, 6.45) is 2.20. The van der Waals surface area contributed by atoms with Crippen LogP contribution >= 0.6 is 24.0 Å². The van der Waals surface area contributed by atoms with Crippen LogP contribution in [0.4, 0.5) is 4.39 Å². The van der Waals surface area contributed by atoms with Crippen LogP contribution in [0.5, 0.6) is 0 Å². The van der Waals surface area contributed by atoms with Crippen molar-refractivity contribution in [2.24, 2.45) is 10.7 Å². The van der Waals surface area contributed by atoms with Gasteiger partial charge in [-0.15, -0.1) is 24.0 Å². The van der Waals surface area contributed by atoms with Crippen LogP contribution in [-0.2, 0) is 0 Å². The number of guanidine groups is 1. The number of likely N-dealkylation sites (N-methyl/N-ethyl adjacent to an activating group) is 1. The highest BCUT2D eigenvalue weighted by Gasteiger charge is 2.13. The van der Waals surface area contributed by atoms with Gasteiger partial charge in [0.1, 0.15) is 5.82 Å². The summed E-state index contributed by atoms with van der Waals surface area (Å²) >= 11 is 0. The summed E-state index contributed by atoms with van der Waals surface area (Å²) in [5.74, 6) is 0.239. The summed E-state index contributed by atoms with van der Waals surface area (Å²) < 4.78 is 13.0. The Kier molecular flexibility index (Phi) is 10.3. The Balaban J connectivity index is 0.00000400. The van der Waals surface area contributed by atoms with Crippen molar-refractivity contribution in [2.45, 2.75) is 25.8 Å². The number of hydrogen-bond acceptors (Lipinski definition) is 2. The standard InChI is InChI=1S/C15H25FN4.HI/c1-4-5-10-18-15(17)19-11-14(20(2)3)12-6-8-13(16)9-7-12;/h6-9,14H,4-5,10-11H2,1-3H3,(H3,17,18,19);1H. The SMILES string of the molecule is CCCCNC(N)=NCC(c1ccc(F)cc1)N(C)C.I. The van der Waals surface area contributed by atoms with Crippen LogP contribution in [0.2, 0.25) is 0 Å². The van der Waals surface area contributed by atoms with Crippen molar-refractivity contribution in [3.8, 4) is 0 Å². The Labute approximate surface area is 144 Å². The number of hydrogen-bond donors (Lipinski definition) is 2. The minimum absolute atomic E-state index is 0. The molecule has 6 heteroatoms. The van der Waals surface area contributed by atoms with Gasteiger partial charge in [0.05, 0.1) is 12.6 Å². The van der Waals surface area contributed by atoms with Gasteiger partial charge < -0.3 is 16.0 Å². The second kappa shape index (κ2) is 10.8. The van der Waals surface area contributed by atoms with Crippen molar-refractivity contribution in [2.75, 3.05) is 27.2 Å². The van der Waals surface area contributed by atoms with E-state index in [-0.39, 0.29) is 35.8 Å². The molecule has 0 amide bonds. The van der Waals surface area contributed by atoms with E-state index in [1.807, 2.05) is 14.1 Å². The van der Waals surface area contributed by atoms with E-state index < -0.39 is 0 Å². The predicted molar refractivity (Wildman–Crippen MR) is 97.6 cm³/mol. The lowest BCUT2D eigenvalue weighted by Crippen LogP contribution is -2.33. The highest BCUT2D eigenvalue weighted by Crippen LogP contribution is 2.18. The Morgan fingerprint density at radius 2 is 1.95 bits per heavy atom. The van der Waals surface area contributed by atoms with Crippen molar-refractivity contribution >= 4 is 29.9 Å². The third-order valence-electron chi connectivity index (χ3n) is 3.15. The molecule has 3 N–H and O–H groups in total. The Hall–Kier alpha value is -0.890. The normalized spacial score (nSPS) is 12.9. The molecule has 0 aliphatic rings. The highest BCUT2D eigenvalue weighted by molar-refractivity contribution is 14.0. The van der Waals surface area contributed by atoms with Crippen molar-refractivity contribution in [3.05, 3.63) is 35.6 Å². The number of halogens is 2. The van der Waals surface area contributed by atoms with Gasteiger partial charge in [0, 0.05) is 6.54 Å². The van der Waals surface area contributed by atoms with E-state index in [0.717, 1.165) is 24.9 Å². The van der Waals surface area contributed by atoms with Crippen molar-refractivity contribution < 1.29 is 4.39 Å². The van der Waals surface area contributed by atoms with Crippen LogP contribution in [0.1, 0.15) is 31.4 Å². The van der Waals surface area contributed by atoms with Crippen LogP contribution < -0.4 is 11.1 Å². The average molecular weight is 408 g/mol. The maximum atomic E-state index is 13.0. The van der Waals surface area contributed by atoms with Crippen LogP contribution in [-0.4, -0.2) is 38.0 Å². The highest BCUT2D eigenvalue weighted by atomic mass is 127. The minimum Gasteiger partial charge on any atom is -0.370 e. The first-order chi connectivity index (χ1) is 9.54. The number of benzene rings is 1. The lowest BCUT2D eigenvalue weighted by molar-refractivity contribution is 0.306. The van der Waals surface area contributed by atoms with Crippen molar-refractivity contribution in [1.82, 2.24) is 10.2 Å². The fourth-order valence-corrected chi connectivity index (χ4v) is 1.89. The maximum Gasteiger partial charge on any atom is 0.188 e. The Morgan fingerprint density at radius 3 is 2.48 bits per heavy atom. The second-order valence-electron chi connectivity index (χ2n) is 5.04. The summed E-state index contributed by atoms with van der Waals surface area (Å²) in [5, 5.41) is 3.09. The molecular weight excluding hydrogens is 382 g/mol. The molecule has 0 heterocycles. The molecule has 21 heavy (non-hydrogen) atoms. The van der Waals surface area contributed by atoms with Gasteiger partial charge in [-0.25, -0.2) is 4.39 Å². The van der Waals surface area contributed by atoms with Gasteiger partial charge in [0.15, 0.2) is 5.96 Å². The van der Waals surface area contributed by atoms with E-state index in [2.05, 4.69) is 22.1 Å². The number of unbranched alkanes of at least 4 members (excludes halogenated alkanes) is 1. The van der Waals surface area contributed by atoms with E-state index in [0.29, 0.717) is 12.5 Å². The van der Waals surface area contributed by atoms with E-state index in [4.69, 9.17) is 5.73 Å². The largest absolute Gasteiger partial charge is 0.370 e. The fourth-order valence-electron chi connectivity index (χ4n) is 1.89. The monoisotopic (exact) mass is 408 g/mol. The molecule has 0 radical (unpaired) electrons. The molecule has 0 saturated carbocycles. The lowest BCUT2D eigenvalue weighted by Gasteiger charge is -2.23. The van der Waals surface area contributed by atoms with Gasteiger partial charge in [-0.3, -0.25) is 4.99 Å². The molecule has 120 valence electrons. The molecule has 1 aromatic rings. The number of nitrogens with two attached hydrogens (primary N) is 1. The molecule has 0 saturated heterocycles. The van der Waals surface area contributed by atoms with Crippen LogP contribution in [0, 0.1) is 5.82 Å². The maximum absolute atomic E-state index is 13.0. The number of aliphatic imine (C=N–C) groups is 1. The van der Waals surface area contributed by atoms with E-state index in [1.165, 1.54) is 12.1 Å². The molecule has 4 nitrogen and oxygen atoms in total. The summed E-state index contributed by atoms with van der Waals surface area (Å²) in [4.78, 5) is 6.42. The lowest BCUT2D eigenvalue weighted by atomic mass is 10.1. The third kappa shape index (κ3) is 7.61. The van der Waals surface area contributed by atoms with Gasteiger partial charge in [-0.1, -0.05) is 25.5 Å². The van der Waals surface area contributed by atoms with Gasteiger partial charge in [-0.05, 0) is 38.2 Å². The Bertz CT molecular complexity index is 420. The second-order valence-corrected chi connectivity index (χ2v) is 5.04. The van der Waals surface area contributed by atoms with Gasteiger partial charge in [0.25, 0.3) is 0 Å². The van der Waals surface area contributed by atoms with E-state index in [9.17, 15) is 4.39 Å². The molecule has 1 unspecified atom stereocenters. The molecule has 0 fully saturated rings. The summed E-state index contributed by atoms with van der Waals surface area (Å²) in [6.45, 7) is 3.52. The number of rotatable bonds is 7. The van der Waals surface area contributed by atoms with Gasteiger partial charge in [-0.2, -0.15) is 0 Å². The van der Waals surface area contributed by atoms with E-state index >= 15 is 0 Å². The van der Waals surface area contributed by atoms with Crippen molar-refractivity contribution in [1.29, 1.82) is 0 Å². The smallest absolute Gasteiger partial charge is 0.188 e.